The molecule has 0 heterocycles. The SMILES string of the molecule is CC1(C)CC1CNC(=O)CCC(N)c1ccccc1. The van der Waals surface area contributed by atoms with Crippen molar-refractivity contribution >= 4 is 5.91 Å². The number of hydrogen-bond donors (Lipinski definition) is 2. The molecule has 1 aromatic carbocycles. The fraction of sp³-hybridized carbons (Fsp3) is 0.562. The Morgan fingerprint density at radius 3 is 2.63 bits per heavy atom. The van der Waals surface area contributed by atoms with Crippen molar-refractivity contribution in [3.05, 3.63) is 35.9 Å². The predicted octanol–water partition coefficient (Wildman–Crippen LogP) is 2.63. The van der Waals surface area contributed by atoms with Gasteiger partial charge in [-0.05, 0) is 29.7 Å². The lowest BCUT2D eigenvalue weighted by Crippen LogP contribution is -2.27. The lowest BCUT2D eigenvalue weighted by molar-refractivity contribution is -0.121. The molecule has 1 aliphatic carbocycles. The van der Waals surface area contributed by atoms with Crippen molar-refractivity contribution < 1.29 is 4.79 Å². The normalized spacial score (nSPS) is 21.7. The first-order valence-corrected chi connectivity index (χ1v) is 7.06. The minimum atomic E-state index is -0.0516. The molecule has 2 atom stereocenters. The monoisotopic (exact) mass is 260 g/mol. The lowest BCUT2D eigenvalue weighted by Gasteiger charge is -2.12. The number of nitrogens with two attached hydrogens (primary N) is 1. The summed E-state index contributed by atoms with van der Waals surface area (Å²) >= 11 is 0. The highest BCUT2D eigenvalue weighted by Gasteiger charge is 2.45. The summed E-state index contributed by atoms with van der Waals surface area (Å²) in [6, 6.07) is 9.89. The van der Waals surface area contributed by atoms with Gasteiger partial charge >= 0.3 is 0 Å². The molecule has 0 aliphatic heterocycles. The molecule has 2 rings (SSSR count). The Hall–Kier alpha value is -1.35. The summed E-state index contributed by atoms with van der Waals surface area (Å²) in [5.74, 6) is 0.772. The van der Waals surface area contributed by atoms with E-state index in [1.54, 1.807) is 0 Å². The Bertz CT molecular complexity index is 428. The standard InChI is InChI=1S/C16H24N2O/c1-16(2)10-13(16)11-18-15(19)9-8-14(17)12-6-4-3-5-7-12/h3-7,13-14H,8-11,17H2,1-2H3,(H,18,19). The van der Waals surface area contributed by atoms with Gasteiger partial charge in [-0.15, -0.1) is 0 Å². The highest BCUT2D eigenvalue weighted by Crippen LogP contribution is 2.50. The molecule has 0 radical (unpaired) electrons. The van der Waals surface area contributed by atoms with Gasteiger partial charge in [-0.2, -0.15) is 0 Å². The second-order valence-electron chi connectivity index (χ2n) is 6.25. The Labute approximate surface area is 115 Å². The van der Waals surface area contributed by atoms with Crippen LogP contribution in [-0.2, 0) is 4.79 Å². The molecule has 104 valence electrons. The molecular weight excluding hydrogens is 236 g/mol. The van der Waals surface area contributed by atoms with Crippen molar-refractivity contribution in [2.75, 3.05) is 6.54 Å². The summed E-state index contributed by atoms with van der Waals surface area (Å²) in [5, 5.41) is 3.01. The second-order valence-corrected chi connectivity index (χ2v) is 6.25. The highest BCUT2D eigenvalue weighted by molar-refractivity contribution is 5.75. The summed E-state index contributed by atoms with van der Waals surface area (Å²) in [6.45, 7) is 5.30. The number of benzene rings is 1. The van der Waals surface area contributed by atoms with E-state index >= 15 is 0 Å². The number of amides is 1. The van der Waals surface area contributed by atoms with Crippen molar-refractivity contribution in [3.63, 3.8) is 0 Å². The number of nitrogens with one attached hydrogen (secondary N) is 1. The van der Waals surface area contributed by atoms with Crippen molar-refractivity contribution in [3.8, 4) is 0 Å². The van der Waals surface area contributed by atoms with Crippen LogP contribution in [0.25, 0.3) is 0 Å². The van der Waals surface area contributed by atoms with Gasteiger partial charge in [-0.1, -0.05) is 44.2 Å². The van der Waals surface area contributed by atoms with Crippen LogP contribution in [0.15, 0.2) is 30.3 Å². The first kappa shape index (κ1) is 14.1. The Kier molecular flexibility index (Phi) is 4.25. The van der Waals surface area contributed by atoms with E-state index in [0.29, 0.717) is 24.2 Å². The number of hydrogen-bond acceptors (Lipinski definition) is 2. The number of rotatable bonds is 6. The first-order chi connectivity index (χ1) is 8.99. The smallest absolute Gasteiger partial charge is 0.220 e. The molecule has 0 aromatic heterocycles. The van der Waals surface area contributed by atoms with Gasteiger partial charge in [0, 0.05) is 19.0 Å². The molecule has 0 saturated heterocycles. The van der Waals surface area contributed by atoms with Crippen LogP contribution in [-0.4, -0.2) is 12.5 Å². The molecule has 0 bridgehead atoms. The van der Waals surface area contributed by atoms with E-state index in [0.717, 1.165) is 12.1 Å². The van der Waals surface area contributed by atoms with Crippen molar-refractivity contribution in [2.45, 2.75) is 39.2 Å². The van der Waals surface area contributed by atoms with E-state index in [2.05, 4.69) is 19.2 Å². The third-order valence-corrected chi connectivity index (χ3v) is 4.17. The first-order valence-electron chi connectivity index (χ1n) is 7.06. The molecule has 2 unspecified atom stereocenters. The molecule has 3 heteroatoms. The van der Waals surface area contributed by atoms with Gasteiger partial charge in [0.2, 0.25) is 5.91 Å². The fourth-order valence-electron chi connectivity index (χ4n) is 2.40. The van der Waals surface area contributed by atoms with E-state index in [9.17, 15) is 4.79 Å². The van der Waals surface area contributed by atoms with E-state index in [-0.39, 0.29) is 11.9 Å². The third kappa shape index (κ3) is 4.06. The van der Waals surface area contributed by atoms with Crippen molar-refractivity contribution in [1.29, 1.82) is 0 Å². The lowest BCUT2D eigenvalue weighted by atomic mass is 10.0. The molecule has 1 fully saturated rings. The molecule has 1 saturated carbocycles. The Balaban J connectivity index is 1.66. The molecule has 1 aromatic rings. The molecule has 3 N–H and O–H groups in total. The quantitative estimate of drug-likeness (QED) is 0.826. The average molecular weight is 260 g/mol. The van der Waals surface area contributed by atoms with Crippen LogP contribution in [0.3, 0.4) is 0 Å². The van der Waals surface area contributed by atoms with Gasteiger partial charge < -0.3 is 11.1 Å². The van der Waals surface area contributed by atoms with E-state index in [1.165, 1.54) is 6.42 Å². The Morgan fingerprint density at radius 1 is 1.42 bits per heavy atom. The molecule has 1 amide bonds. The number of carbonyl (C=O) groups excluding carboxylic acids is 1. The van der Waals surface area contributed by atoms with E-state index in [1.807, 2.05) is 30.3 Å². The summed E-state index contributed by atoms with van der Waals surface area (Å²) in [7, 11) is 0. The van der Waals surface area contributed by atoms with Crippen molar-refractivity contribution in [1.82, 2.24) is 5.32 Å². The van der Waals surface area contributed by atoms with Gasteiger partial charge in [0.05, 0.1) is 0 Å². The molecule has 3 nitrogen and oxygen atoms in total. The van der Waals surface area contributed by atoms with Crippen LogP contribution in [0.2, 0.25) is 0 Å². The van der Waals surface area contributed by atoms with Crippen LogP contribution in [0.5, 0.6) is 0 Å². The maximum atomic E-state index is 11.8. The molecule has 19 heavy (non-hydrogen) atoms. The van der Waals surface area contributed by atoms with E-state index < -0.39 is 0 Å². The van der Waals surface area contributed by atoms with Crippen LogP contribution in [0.1, 0.15) is 44.7 Å². The minimum absolute atomic E-state index is 0.0516. The maximum absolute atomic E-state index is 11.8. The van der Waals surface area contributed by atoms with E-state index in [4.69, 9.17) is 5.73 Å². The van der Waals surface area contributed by atoms with Crippen LogP contribution in [0, 0.1) is 11.3 Å². The van der Waals surface area contributed by atoms with Crippen LogP contribution >= 0.6 is 0 Å². The van der Waals surface area contributed by atoms with Crippen molar-refractivity contribution in [2.24, 2.45) is 17.1 Å². The van der Waals surface area contributed by atoms with Gasteiger partial charge in [0.15, 0.2) is 0 Å². The predicted molar refractivity (Wildman–Crippen MR) is 77.5 cm³/mol. The summed E-state index contributed by atoms with van der Waals surface area (Å²) in [4.78, 5) is 11.8. The average Bonchev–Trinajstić information content (AvgIpc) is 3.02. The summed E-state index contributed by atoms with van der Waals surface area (Å²) in [6.07, 6.45) is 2.42. The fourth-order valence-corrected chi connectivity index (χ4v) is 2.40. The Morgan fingerprint density at radius 2 is 2.05 bits per heavy atom. The minimum Gasteiger partial charge on any atom is -0.356 e. The molecule has 0 spiro atoms. The zero-order chi connectivity index (χ0) is 13.9. The zero-order valence-corrected chi connectivity index (χ0v) is 11.9. The van der Waals surface area contributed by atoms with Crippen LogP contribution in [0.4, 0.5) is 0 Å². The third-order valence-electron chi connectivity index (χ3n) is 4.17. The zero-order valence-electron chi connectivity index (χ0n) is 11.9. The second kappa shape index (κ2) is 5.74. The highest BCUT2D eigenvalue weighted by atomic mass is 16.1. The van der Waals surface area contributed by atoms with Crippen LogP contribution < -0.4 is 11.1 Å². The summed E-state index contributed by atoms with van der Waals surface area (Å²) in [5.41, 5.74) is 7.59. The molecule has 1 aliphatic rings. The largest absolute Gasteiger partial charge is 0.356 e. The summed E-state index contributed by atoms with van der Waals surface area (Å²) < 4.78 is 0. The number of carbonyl (C=O) groups is 1. The maximum Gasteiger partial charge on any atom is 0.220 e. The molecular formula is C16H24N2O. The van der Waals surface area contributed by atoms with Gasteiger partial charge in [-0.25, -0.2) is 0 Å². The topological polar surface area (TPSA) is 55.1 Å². The van der Waals surface area contributed by atoms with Gasteiger partial charge in [-0.3, -0.25) is 4.79 Å². The van der Waals surface area contributed by atoms with Gasteiger partial charge in [0.1, 0.15) is 0 Å². The van der Waals surface area contributed by atoms with Gasteiger partial charge in [0.25, 0.3) is 0 Å².